The average molecular weight is 387 g/mol. The minimum Gasteiger partial charge on any atom is -0.398 e. The smallest absolute Gasteiger partial charge is 0.240 e. The number of thioether (sulfide) groups is 1. The molecule has 1 aromatic heterocycles. The zero-order valence-electron chi connectivity index (χ0n) is 11.8. The van der Waals surface area contributed by atoms with Crippen molar-refractivity contribution in [3.8, 4) is 0 Å². The van der Waals surface area contributed by atoms with Gasteiger partial charge in [0.15, 0.2) is 9.92 Å². The molecule has 3 rings (SSSR count). The summed E-state index contributed by atoms with van der Waals surface area (Å²) in [5.74, 6) is 0. The first-order valence-corrected chi connectivity index (χ1v) is 8.89. The van der Waals surface area contributed by atoms with Crippen LogP contribution in [0.15, 0.2) is 34.4 Å². The molecule has 2 atom stereocenters. The molecular weight excluding hydrogens is 376 g/mol. The van der Waals surface area contributed by atoms with Gasteiger partial charge in [-0.3, -0.25) is 9.79 Å². The highest BCUT2D eigenvalue weighted by molar-refractivity contribution is 8.03. The number of carbonyl (C=O) groups is 1. The molecule has 0 amide bonds. The molecule has 2 N–H and O–H groups in total. The standard InChI is InChI=1S/C13H11ClN4O2S3/c1-20-18-8(10(19)21)9-13(14,23-12(15)17-9)11-16-6-4-2-3-5-7(6)22-11/h2-5,12H,15H2,1H3,(H,19,21)/b18-8-. The molecule has 23 heavy (non-hydrogen) atoms. The summed E-state index contributed by atoms with van der Waals surface area (Å²) >= 11 is 13.2. The van der Waals surface area contributed by atoms with E-state index in [4.69, 9.17) is 22.2 Å². The fourth-order valence-corrected chi connectivity index (χ4v) is 4.94. The molecule has 1 aliphatic heterocycles. The second kappa shape index (κ2) is 6.40. The Bertz CT molecular complexity index is 804. The topological polar surface area (TPSA) is 89.9 Å². The molecule has 2 unspecified atom stereocenters. The van der Waals surface area contributed by atoms with Gasteiger partial charge in [0.05, 0.1) is 10.2 Å². The van der Waals surface area contributed by atoms with E-state index in [1.54, 1.807) is 0 Å². The maximum absolute atomic E-state index is 11.8. The molecule has 0 saturated heterocycles. The fraction of sp³-hybridized carbons (Fsp3) is 0.231. The van der Waals surface area contributed by atoms with Crippen LogP contribution in [0, 0.1) is 0 Å². The van der Waals surface area contributed by atoms with Gasteiger partial charge in [-0.1, -0.05) is 53.3 Å². The summed E-state index contributed by atoms with van der Waals surface area (Å²) in [4.78, 5) is 25.3. The Balaban J connectivity index is 2.13. The number of alkyl halides is 1. The SMILES string of the molecule is CO/N=C(\C(=O)S)C1=NC(N)SC1(Cl)c1nc2ccccc2s1. The lowest BCUT2D eigenvalue weighted by molar-refractivity contribution is -0.105. The van der Waals surface area contributed by atoms with Crippen LogP contribution in [0.25, 0.3) is 10.2 Å². The third-order valence-corrected chi connectivity index (χ3v) is 6.32. The first-order chi connectivity index (χ1) is 11.0. The highest BCUT2D eigenvalue weighted by atomic mass is 35.5. The monoisotopic (exact) mass is 386 g/mol. The number of rotatable bonds is 4. The zero-order chi connectivity index (χ0) is 16.6. The number of para-hydroxylation sites is 1. The number of nitrogens with zero attached hydrogens (tertiary/aromatic N) is 3. The number of fused-ring (bicyclic) bond motifs is 1. The minimum absolute atomic E-state index is 0.0782. The van der Waals surface area contributed by atoms with E-state index in [0.29, 0.717) is 5.01 Å². The third-order valence-electron chi connectivity index (χ3n) is 3.02. The molecule has 6 nitrogen and oxygen atoms in total. The van der Waals surface area contributed by atoms with Gasteiger partial charge in [-0.2, -0.15) is 0 Å². The molecule has 0 saturated carbocycles. The molecule has 0 spiro atoms. The summed E-state index contributed by atoms with van der Waals surface area (Å²) in [7, 11) is 1.33. The van der Waals surface area contributed by atoms with Gasteiger partial charge >= 0.3 is 0 Å². The van der Waals surface area contributed by atoms with E-state index in [-0.39, 0.29) is 11.4 Å². The van der Waals surface area contributed by atoms with Crippen molar-refractivity contribution in [2.24, 2.45) is 15.9 Å². The van der Waals surface area contributed by atoms with Crippen molar-refractivity contribution in [3.05, 3.63) is 29.3 Å². The maximum Gasteiger partial charge on any atom is 0.240 e. The highest BCUT2D eigenvalue weighted by Gasteiger charge is 2.49. The van der Waals surface area contributed by atoms with Crippen molar-refractivity contribution in [2.75, 3.05) is 7.11 Å². The number of thiol groups is 1. The third kappa shape index (κ3) is 2.99. The summed E-state index contributed by atoms with van der Waals surface area (Å²) < 4.78 is -0.232. The van der Waals surface area contributed by atoms with Crippen LogP contribution in [0.2, 0.25) is 0 Å². The molecule has 0 bridgehead atoms. The lowest BCUT2D eigenvalue weighted by Crippen LogP contribution is -2.33. The Labute approximate surface area is 150 Å². The molecule has 2 heterocycles. The van der Waals surface area contributed by atoms with Crippen molar-refractivity contribution in [1.29, 1.82) is 0 Å². The highest BCUT2D eigenvalue weighted by Crippen LogP contribution is 2.50. The van der Waals surface area contributed by atoms with Gasteiger partial charge in [-0.25, -0.2) is 4.98 Å². The predicted octanol–water partition coefficient (Wildman–Crippen LogP) is 2.58. The maximum atomic E-state index is 11.8. The zero-order valence-corrected chi connectivity index (χ0v) is 15.0. The Morgan fingerprint density at radius 2 is 2.26 bits per heavy atom. The van der Waals surface area contributed by atoms with E-state index < -0.39 is 14.8 Å². The van der Waals surface area contributed by atoms with Crippen LogP contribution in [0.3, 0.4) is 0 Å². The molecule has 1 aromatic carbocycles. The van der Waals surface area contributed by atoms with Crippen LogP contribution in [0.4, 0.5) is 0 Å². The largest absolute Gasteiger partial charge is 0.398 e. The average Bonchev–Trinajstić information content (AvgIpc) is 3.06. The van der Waals surface area contributed by atoms with Crippen molar-refractivity contribution < 1.29 is 9.63 Å². The molecule has 1 aliphatic rings. The summed E-state index contributed by atoms with van der Waals surface area (Å²) in [5, 5.41) is 3.67. The van der Waals surface area contributed by atoms with Gasteiger partial charge < -0.3 is 10.6 Å². The van der Waals surface area contributed by atoms with Gasteiger partial charge in [-0.05, 0) is 12.1 Å². The van der Waals surface area contributed by atoms with Crippen LogP contribution in [-0.4, -0.2) is 34.1 Å². The van der Waals surface area contributed by atoms with Crippen molar-refractivity contribution in [2.45, 2.75) is 9.70 Å². The normalized spacial score (nSPS) is 24.8. The number of aromatic nitrogens is 1. The number of halogens is 1. The lowest BCUT2D eigenvalue weighted by Gasteiger charge is -2.19. The summed E-state index contributed by atoms with van der Waals surface area (Å²) in [5.41, 5.74) is 6.21. The number of thiazole rings is 1. The van der Waals surface area contributed by atoms with E-state index in [1.807, 2.05) is 24.3 Å². The molecule has 0 aliphatic carbocycles. The Kier molecular flexibility index (Phi) is 4.65. The number of hydrogen-bond acceptors (Lipinski definition) is 8. The second-order valence-electron chi connectivity index (χ2n) is 4.50. The van der Waals surface area contributed by atoms with E-state index in [1.165, 1.54) is 30.2 Å². The Hall–Kier alpha value is -1.13. The van der Waals surface area contributed by atoms with Gasteiger partial charge in [0.1, 0.15) is 23.3 Å². The lowest BCUT2D eigenvalue weighted by atomic mass is 10.1. The molecule has 0 radical (unpaired) electrons. The first-order valence-electron chi connectivity index (χ1n) is 6.37. The fourth-order valence-electron chi connectivity index (χ4n) is 2.11. The second-order valence-corrected chi connectivity index (χ2v) is 8.05. The molecule has 10 heteroatoms. The van der Waals surface area contributed by atoms with Gasteiger partial charge in [-0.15, -0.1) is 11.3 Å². The first kappa shape index (κ1) is 16.7. The van der Waals surface area contributed by atoms with E-state index in [9.17, 15) is 4.79 Å². The number of nitrogens with two attached hydrogens (primary N) is 1. The van der Waals surface area contributed by atoms with Crippen molar-refractivity contribution in [1.82, 2.24) is 4.98 Å². The van der Waals surface area contributed by atoms with E-state index >= 15 is 0 Å². The van der Waals surface area contributed by atoms with Crippen LogP contribution < -0.4 is 5.73 Å². The Morgan fingerprint density at radius 1 is 1.52 bits per heavy atom. The number of oxime groups is 1. The summed E-state index contributed by atoms with van der Waals surface area (Å²) in [6.07, 6.45) is 0. The van der Waals surface area contributed by atoms with E-state index in [2.05, 4.69) is 27.8 Å². The van der Waals surface area contributed by atoms with Crippen molar-refractivity contribution in [3.63, 3.8) is 0 Å². The number of hydrogen-bond donors (Lipinski definition) is 2. The molecule has 120 valence electrons. The quantitative estimate of drug-likeness (QED) is 0.365. The molecular formula is C13H11ClN4O2S3. The van der Waals surface area contributed by atoms with Crippen molar-refractivity contribution >= 4 is 74.1 Å². The van der Waals surface area contributed by atoms with Gasteiger partial charge in [0.2, 0.25) is 5.12 Å². The molecule has 0 fully saturated rings. The van der Waals surface area contributed by atoms with Crippen LogP contribution in [-0.2, 0) is 13.8 Å². The van der Waals surface area contributed by atoms with Crippen LogP contribution in [0.1, 0.15) is 5.01 Å². The van der Waals surface area contributed by atoms with E-state index in [0.717, 1.165) is 10.2 Å². The van der Waals surface area contributed by atoms with Gasteiger partial charge in [0.25, 0.3) is 0 Å². The molecule has 2 aromatic rings. The minimum atomic E-state index is -1.21. The Morgan fingerprint density at radius 3 is 2.91 bits per heavy atom. The van der Waals surface area contributed by atoms with Crippen LogP contribution in [0.5, 0.6) is 0 Å². The number of benzene rings is 1. The predicted molar refractivity (Wildman–Crippen MR) is 98.6 cm³/mol. The van der Waals surface area contributed by atoms with Gasteiger partial charge in [0, 0.05) is 0 Å². The summed E-state index contributed by atoms with van der Waals surface area (Å²) in [6.45, 7) is 0. The number of carbonyl (C=O) groups excluding carboxylic acids is 1. The number of aliphatic imine (C=N–C) groups is 1. The summed E-state index contributed by atoms with van der Waals surface area (Å²) in [6, 6.07) is 7.65. The van der Waals surface area contributed by atoms with Crippen LogP contribution >= 0.6 is 47.3 Å².